The molecule has 2 aliphatic heterocycles. The fourth-order valence-electron chi connectivity index (χ4n) is 2.59. The van der Waals surface area contributed by atoms with E-state index in [0.29, 0.717) is 25.5 Å². The van der Waals surface area contributed by atoms with Crippen molar-refractivity contribution in [3.8, 4) is 0 Å². The predicted octanol–water partition coefficient (Wildman–Crippen LogP) is 1.28. The Morgan fingerprint density at radius 2 is 2.14 bits per heavy atom. The van der Waals surface area contributed by atoms with Gasteiger partial charge in [0.1, 0.15) is 6.04 Å². The highest BCUT2D eigenvalue weighted by Gasteiger charge is 2.40. The number of fused-ring (bicyclic) bond motifs is 3. The Labute approximate surface area is 125 Å². The van der Waals surface area contributed by atoms with Gasteiger partial charge < -0.3 is 15.1 Å². The first kappa shape index (κ1) is 15.8. The molecular weight excluding hydrogens is 309 g/mol. The topological polar surface area (TPSA) is 48.5 Å². The Kier molecular flexibility index (Phi) is 4.03. The van der Waals surface area contributed by atoms with E-state index in [9.17, 15) is 18.0 Å². The minimum Gasteiger partial charge on any atom is -0.340 e. The van der Waals surface area contributed by atoms with Gasteiger partial charge in [0.15, 0.2) is 5.82 Å². The van der Waals surface area contributed by atoms with E-state index in [1.54, 1.807) is 4.90 Å². The lowest BCUT2D eigenvalue weighted by atomic mass is 10.1. The number of hydrogen-bond donors (Lipinski definition) is 1. The van der Waals surface area contributed by atoms with Crippen molar-refractivity contribution in [2.24, 2.45) is 0 Å². The normalized spacial score (nSPS) is 21.5. The van der Waals surface area contributed by atoms with Crippen LogP contribution < -0.4 is 15.1 Å². The lowest BCUT2D eigenvalue weighted by molar-refractivity contribution is -0.137. The van der Waals surface area contributed by atoms with Gasteiger partial charge in [-0.2, -0.15) is 13.2 Å². The van der Waals surface area contributed by atoms with Gasteiger partial charge in [-0.3, -0.25) is 4.79 Å². The molecule has 0 aromatic carbocycles. The largest absolute Gasteiger partial charge is 0.417 e. The van der Waals surface area contributed by atoms with Crippen LogP contribution in [0.1, 0.15) is 5.56 Å². The maximum absolute atomic E-state index is 12.7. The molecule has 1 N–H and O–H groups in total. The molecule has 116 valence electrons. The van der Waals surface area contributed by atoms with Crippen LogP contribution in [0, 0.1) is 0 Å². The molecule has 0 saturated carbocycles. The summed E-state index contributed by atoms with van der Waals surface area (Å²) in [6, 6.07) is 0.587. The Balaban J connectivity index is 0.00000161. The van der Waals surface area contributed by atoms with Gasteiger partial charge in [0.2, 0.25) is 0 Å². The molecule has 1 amide bonds. The number of likely N-dealkylation sites (N-methyl/N-ethyl adjacent to an activating group) is 1. The molecule has 1 aromatic heterocycles. The zero-order chi connectivity index (χ0) is 14.5. The summed E-state index contributed by atoms with van der Waals surface area (Å²) in [5, 5.41) is 3.10. The highest BCUT2D eigenvalue weighted by atomic mass is 35.5. The minimum absolute atomic E-state index is 0. The monoisotopic (exact) mass is 322 g/mol. The van der Waals surface area contributed by atoms with Crippen LogP contribution in [0.25, 0.3) is 0 Å². The van der Waals surface area contributed by atoms with Crippen LogP contribution in [0.4, 0.5) is 24.7 Å². The molecule has 0 spiro atoms. The molecule has 1 atom stereocenters. The van der Waals surface area contributed by atoms with Gasteiger partial charge in [0.05, 0.1) is 11.3 Å². The van der Waals surface area contributed by atoms with Crippen LogP contribution in [-0.4, -0.2) is 43.6 Å². The van der Waals surface area contributed by atoms with Crippen LogP contribution in [0.3, 0.4) is 0 Å². The number of anilines is 2. The lowest BCUT2D eigenvalue weighted by Gasteiger charge is -2.43. The molecule has 0 bridgehead atoms. The molecule has 9 heteroatoms. The highest BCUT2D eigenvalue weighted by molar-refractivity contribution is 6.04. The molecule has 0 aliphatic carbocycles. The summed E-state index contributed by atoms with van der Waals surface area (Å²) in [7, 11) is 1.48. The van der Waals surface area contributed by atoms with Gasteiger partial charge in [0, 0.05) is 32.9 Å². The van der Waals surface area contributed by atoms with Crippen LogP contribution >= 0.6 is 12.4 Å². The second kappa shape index (κ2) is 5.34. The van der Waals surface area contributed by atoms with E-state index in [-0.39, 0.29) is 24.0 Å². The Morgan fingerprint density at radius 1 is 1.43 bits per heavy atom. The maximum Gasteiger partial charge on any atom is 0.417 e. The first-order chi connectivity index (χ1) is 9.39. The molecule has 0 unspecified atom stereocenters. The third-order valence-electron chi connectivity index (χ3n) is 3.67. The molecular formula is C12H14ClF3N4O. The van der Waals surface area contributed by atoms with Crippen molar-refractivity contribution in [1.29, 1.82) is 0 Å². The van der Waals surface area contributed by atoms with Gasteiger partial charge in [-0.1, -0.05) is 0 Å². The second-order valence-corrected chi connectivity index (χ2v) is 4.88. The molecule has 21 heavy (non-hydrogen) atoms. The smallest absolute Gasteiger partial charge is 0.340 e. The fourth-order valence-corrected chi connectivity index (χ4v) is 2.59. The molecule has 0 radical (unpaired) electrons. The number of pyridine rings is 1. The fraction of sp³-hybridized carbons (Fsp3) is 0.500. The summed E-state index contributed by atoms with van der Waals surface area (Å²) in [5.41, 5.74) is -0.632. The summed E-state index contributed by atoms with van der Waals surface area (Å²) in [6.07, 6.45) is -3.65. The van der Waals surface area contributed by atoms with E-state index < -0.39 is 17.8 Å². The Morgan fingerprint density at radius 3 is 2.81 bits per heavy atom. The quantitative estimate of drug-likeness (QED) is 0.781. The lowest BCUT2D eigenvalue weighted by Crippen LogP contribution is -2.61. The van der Waals surface area contributed by atoms with Gasteiger partial charge in [-0.05, 0) is 6.07 Å². The van der Waals surface area contributed by atoms with E-state index in [1.807, 2.05) is 0 Å². The van der Waals surface area contributed by atoms with E-state index in [4.69, 9.17) is 0 Å². The summed E-state index contributed by atoms with van der Waals surface area (Å²) < 4.78 is 38.2. The van der Waals surface area contributed by atoms with Crippen molar-refractivity contribution in [2.75, 3.05) is 36.5 Å². The van der Waals surface area contributed by atoms with Crippen molar-refractivity contribution < 1.29 is 18.0 Å². The van der Waals surface area contributed by atoms with Crippen molar-refractivity contribution >= 4 is 29.8 Å². The summed E-state index contributed by atoms with van der Waals surface area (Å²) in [6.45, 7) is 1.70. The van der Waals surface area contributed by atoms with Crippen LogP contribution in [0.15, 0.2) is 12.3 Å². The zero-order valence-electron chi connectivity index (χ0n) is 11.1. The summed E-state index contributed by atoms with van der Waals surface area (Å²) in [5.74, 6) is 0.220. The van der Waals surface area contributed by atoms with Crippen LogP contribution in [-0.2, 0) is 11.0 Å². The van der Waals surface area contributed by atoms with Crippen molar-refractivity contribution in [1.82, 2.24) is 10.3 Å². The maximum atomic E-state index is 12.7. The second-order valence-electron chi connectivity index (χ2n) is 4.88. The van der Waals surface area contributed by atoms with Crippen molar-refractivity contribution in [3.63, 3.8) is 0 Å². The number of rotatable bonds is 0. The SMILES string of the molecule is CN1C(=O)[C@H]2CNCCN2c2ncc(C(F)(F)F)cc21.Cl. The average molecular weight is 323 g/mol. The third-order valence-corrected chi connectivity index (χ3v) is 3.67. The van der Waals surface area contributed by atoms with Crippen molar-refractivity contribution in [2.45, 2.75) is 12.2 Å². The first-order valence-corrected chi connectivity index (χ1v) is 6.22. The van der Waals surface area contributed by atoms with Crippen molar-refractivity contribution in [3.05, 3.63) is 17.8 Å². The van der Waals surface area contributed by atoms with Gasteiger partial charge in [0.25, 0.3) is 5.91 Å². The van der Waals surface area contributed by atoms with E-state index in [1.165, 1.54) is 11.9 Å². The molecule has 2 aliphatic rings. The molecule has 3 rings (SSSR count). The number of aromatic nitrogens is 1. The third kappa shape index (κ3) is 2.53. The first-order valence-electron chi connectivity index (χ1n) is 6.22. The Hall–Kier alpha value is -1.54. The number of nitrogens with zero attached hydrogens (tertiary/aromatic N) is 3. The molecule has 3 heterocycles. The zero-order valence-corrected chi connectivity index (χ0v) is 12.0. The minimum atomic E-state index is -4.47. The number of carbonyl (C=O) groups is 1. The number of piperazine rings is 1. The van der Waals surface area contributed by atoms with E-state index in [2.05, 4.69) is 10.3 Å². The summed E-state index contributed by atoms with van der Waals surface area (Å²) >= 11 is 0. The number of halogens is 4. The highest BCUT2D eigenvalue weighted by Crippen LogP contribution is 2.38. The van der Waals surface area contributed by atoms with Gasteiger partial charge >= 0.3 is 6.18 Å². The van der Waals surface area contributed by atoms with Crippen LogP contribution in [0.2, 0.25) is 0 Å². The summed E-state index contributed by atoms with van der Waals surface area (Å²) in [4.78, 5) is 19.2. The predicted molar refractivity (Wildman–Crippen MR) is 73.9 cm³/mol. The Bertz CT molecular complexity index is 566. The molecule has 5 nitrogen and oxygen atoms in total. The number of carbonyl (C=O) groups excluding carboxylic acids is 1. The van der Waals surface area contributed by atoms with Crippen LogP contribution in [0.5, 0.6) is 0 Å². The van der Waals surface area contributed by atoms with E-state index in [0.717, 1.165) is 12.3 Å². The number of hydrogen-bond acceptors (Lipinski definition) is 4. The number of alkyl halides is 3. The van der Waals surface area contributed by atoms with Gasteiger partial charge in [-0.15, -0.1) is 12.4 Å². The average Bonchev–Trinajstić information content (AvgIpc) is 2.43. The molecule has 1 aromatic rings. The van der Waals surface area contributed by atoms with Gasteiger partial charge in [-0.25, -0.2) is 4.98 Å². The van der Waals surface area contributed by atoms with E-state index >= 15 is 0 Å². The number of amides is 1. The molecule has 1 fully saturated rings. The standard InChI is InChI=1S/C12H13F3N4O.ClH/c1-18-8-4-7(12(13,14)15)5-17-10(8)19-3-2-16-6-9(19)11(18)20;/h4-5,9,16H,2-3,6H2,1H3;1H/t9-;/m1./s1. The molecule has 1 saturated heterocycles. The number of nitrogens with one attached hydrogen (secondary N) is 1.